The molecule has 1 aliphatic carbocycles. The molecule has 0 saturated heterocycles. The van der Waals surface area contributed by atoms with Crippen molar-refractivity contribution >= 4 is 22.9 Å². The second kappa shape index (κ2) is 5.50. The van der Waals surface area contributed by atoms with E-state index in [0.717, 1.165) is 23.5 Å². The van der Waals surface area contributed by atoms with E-state index >= 15 is 0 Å². The SMILES string of the molecule is CC(NCCN(C)C1CC1)c1csc(Cl)c1. The van der Waals surface area contributed by atoms with Gasteiger partial charge in [0, 0.05) is 25.2 Å². The Kier molecular flexibility index (Phi) is 4.25. The molecule has 2 rings (SSSR count). The van der Waals surface area contributed by atoms with Crippen LogP contribution in [0.25, 0.3) is 0 Å². The number of nitrogens with one attached hydrogen (secondary N) is 1. The maximum Gasteiger partial charge on any atom is 0.0931 e. The summed E-state index contributed by atoms with van der Waals surface area (Å²) in [6, 6.07) is 3.30. The molecule has 1 fully saturated rings. The first-order valence-electron chi connectivity index (χ1n) is 5.84. The smallest absolute Gasteiger partial charge is 0.0931 e. The number of likely N-dealkylation sites (N-methyl/N-ethyl adjacent to an activating group) is 1. The van der Waals surface area contributed by atoms with Crippen LogP contribution >= 0.6 is 22.9 Å². The second-order valence-corrected chi connectivity index (χ2v) is 6.11. The van der Waals surface area contributed by atoms with Crippen molar-refractivity contribution in [2.45, 2.75) is 31.8 Å². The fourth-order valence-electron chi connectivity index (χ4n) is 1.82. The highest BCUT2D eigenvalue weighted by atomic mass is 35.5. The molecule has 0 aliphatic heterocycles. The Morgan fingerprint density at radius 1 is 1.62 bits per heavy atom. The first kappa shape index (κ1) is 12.4. The van der Waals surface area contributed by atoms with Crippen LogP contribution in [0.2, 0.25) is 4.34 Å². The molecule has 1 aliphatic rings. The van der Waals surface area contributed by atoms with Crippen molar-refractivity contribution in [3.63, 3.8) is 0 Å². The van der Waals surface area contributed by atoms with Crippen LogP contribution in [0.1, 0.15) is 31.4 Å². The van der Waals surface area contributed by atoms with Gasteiger partial charge in [-0.15, -0.1) is 11.3 Å². The molecule has 4 heteroatoms. The van der Waals surface area contributed by atoms with Gasteiger partial charge in [-0.1, -0.05) is 11.6 Å². The standard InChI is InChI=1S/C12H19ClN2S/c1-9(10-7-12(13)16-8-10)14-5-6-15(2)11-3-4-11/h7-9,11,14H,3-6H2,1-2H3. The summed E-state index contributed by atoms with van der Waals surface area (Å²) in [7, 11) is 2.21. The van der Waals surface area contributed by atoms with E-state index in [2.05, 4.69) is 35.6 Å². The number of nitrogens with zero attached hydrogens (tertiary/aromatic N) is 1. The van der Waals surface area contributed by atoms with E-state index in [4.69, 9.17) is 11.6 Å². The molecule has 1 aromatic heterocycles. The van der Waals surface area contributed by atoms with Crippen molar-refractivity contribution in [3.05, 3.63) is 21.3 Å². The number of rotatable bonds is 6. The lowest BCUT2D eigenvalue weighted by molar-refractivity contribution is 0.316. The van der Waals surface area contributed by atoms with Gasteiger partial charge < -0.3 is 10.2 Å². The molecule has 0 spiro atoms. The number of hydrogen-bond acceptors (Lipinski definition) is 3. The Labute approximate surface area is 107 Å². The summed E-state index contributed by atoms with van der Waals surface area (Å²) in [5, 5.41) is 5.66. The van der Waals surface area contributed by atoms with Gasteiger partial charge >= 0.3 is 0 Å². The Morgan fingerprint density at radius 3 is 2.94 bits per heavy atom. The van der Waals surface area contributed by atoms with Gasteiger partial charge in [0.1, 0.15) is 0 Å². The average molecular weight is 259 g/mol. The number of thiophene rings is 1. The minimum Gasteiger partial charge on any atom is -0.309 e. The summed E-state index contributed by atoms with van der Waals surface area (Å²) in [6.45, 7) is 4.37. The van der Waals surface area contributed by atoms with Crippen molar-refractivity contribution in [1.29, 1.82) is 0 Å². The maximum absolute atomic E-state index is 5.92. The molecule has 1 atom stereocenters. The second-order valence-electron chi connectivity index (χ2n) is 4.57. The highest BCUT2D eigenvalue weighted by molar-refractivity contribution is 7.14. The van der Waals surface area contributed by atoms with Crippen LogP contribution < -0.4 is 5.32 Å². The fourth-order valence-corrected chi connectivity index (χ4v) is 2.81. The average Bonchev–Trinajstić information content (AvgIpc) is 3.01. The lowest BCUT2D eigenvalue weighted by Gasteiger charge is -2.18. The van der Waals surface area contributed by atoms with Gasteiger partial charge in [0.05, 0.1) is 4.34 Å². The molecule has 1 aromatic rings. The van der Waals surface area contributed by atoms with Crippen LogP contribution in [0, 0.1) is 0 Å². The first-order chi connectivity index (χ1) is 7.66. The van der Waals surface area contributed by atoms with E-state index in [1.807, 2.05) is 0 Å². The minimum atomic E-state index is 0.399. The summed E-state index contributed by atoms with van der Waals surface area (Å²) >= 11 is 7.52. The van der Waals surface area contributed by atoms with Gasteiger partial charge in [0.25, 0.3) is 0 Å². The quantitative estimate of drug-likeness (QED) is 0.843. The van der Waals surface area contributed by atoms with E-state index in [0.29, 0.717) is 6.04 Å². The topological polar surface area (TPSA) is 15.3 Å². The zero-order valence-electron chi connectivity index (χ0n) is 9.87. The van der Waals surface area contributed by atoms with E-state index < -0.39 is 0 Å². The molecule has 0 amide bonds. The summed E-state index contributed by atoms with van der Waals surface area (Å²) in [5.74, 6) is 0. The van der Waals surface area contributed by atoms with Crippen molar-refractivity contribution in [3.8, 4) is 0 Å². The van der Waals surface area contributed by atoms with Crippen molar-refractivity contribution in [1.82, 2.24) is 10.2 Å². The first-order valence-corrected chi connectivity index (χ1v) is 7.10. The van der Waals surface area contributed by atoms with E-state index in [9.17, 15) is 0 Å². The minimum absolute atomic E-state index is 0.399. The molecule has 1 N–H and O–H groups in total. The molecule has 0 aromatic carbocycles. The fraction of sp³-hybridized carbons (Fsp3) is 0.667. The number of hydrogen-bond donors (Lipinski definition) is 1. The van der Waals surface area contributed by atoms with Crippen LogP contribution in [0.4, 0.5) is 0 Å². The molecule has 1 saturated carbocycles. The lowest BCUT2D eigenvalue weighted by Crippen LogP contribution is -2.31. The van der Waals surface area contributed by atoms with Crippen molar-refractivity contribution in [2.24, 2.45) is 0 Å². The Balaban J connectivity index is 1.69. The zero-order valence-corrected chi connectivity index (χ0v) is 11.4. The summed E-state index contributed by atoms with van der Waals surface area (Å²) in [5.41, 5.74) is 1.30. The van der Waals surface area contributed by atoms with Gasteiger partial charge in [-0.25, -0.2) is 0 Å². The third-order valence-corrected chi connectivity index (χ3v) is 4.28. The Hall–Kier alpha value is -0.0900. The zero-order chi connectivity index (χ0) is 11.5. The Bertz CT molecular complexity index is 336. The molecule has 0 bridgehead atoms. The molecule has 2 nitrogen and oxygen atoms in total. The predicted octanol–water partition coefficient (Wildman–Crippen LogP) is 3.15. The van der Waals surface area contributed by atoms with Crippen molar-refractivity contribution < 1.29 is 0 Å². The van der Waals surface area contributed by atoms with Gasteiger partial charge in [0.15, 0.2) is 0 Å². The van der Waals surface area contributed by atoms with Crippen LogP contribution in [0.15, 0.2) is 11.4 Å². The molecule has 0 radical (unpaired) electrons. The van der Waals surface area contributed by atoms with E-state index in [-0.39, 0.29) is 0 Å². The highest BCUT2D eigenvalue weighted by Gasteiger charge is 2.25. The summed E-state index contributed by atoms with van der Waals surface area (Å²) in [6.07, 6.45) is 2.76. The van der Waals surface area contributed by atoms with Gasteiger partial charge in [-0.2, -0.15) is 0 Å². The van der Waals surface area contributed by atoms with Gasteiger partial charge in [-0.3, -0.25) is 0 Å². The highest BCUT2D eigenvalue weighted by Crippen LogP contribution is 2.25. The maximum atomic E-state index is 5.92. The normalized spacial score (nSPS) is 18.0. The largest absolute Gasteiger partial charge is 0.309 e. The van der Waals surface area contributed by atoms with E-state index in [1.165, 1.54) is 18.4 Å². The van der Waals surface area contributed by atoms with Crippen LogP contribution in [-0.2, 0) is 0 Å². The van der Waals surface area contributed by atoms with E-state index in [1.54, 1.807) is 11.3 Å². The molecule has 16 heavy (non-hydrogen) atoms. The van der Waals surface area contributed by atoms with Crippen LogP contribution in [0.5, 0.6) is 0 Å². The van der Waals surface area contributed by atoms with Crippen molar-refractivity contribution in [2.75, 3.05) is 20.1 Å². The molecular weight excluding hydrogens is 240 g/mol. The lowest BCUT2D eigenvalue weighted by atomic mass is 10.2. The van der Waals surface area contributed by atoms with Crippen LogP contribution in [-0.4, -0.2) is 31.1 Å². The molecule has 1 unspecified atom stereocenters. The Morgan fingerprint density at radius 2 is 2.38 bits per heavy atom. The summed E-state index contributed by atoms with van der Waals surface area (Å²) in [4.78, 5) is 2.44. The molecule has 1 heterocycles. The predicted molar refractivity (Wildman–Crippen MR) is 71.4 cm³/mol. The van der Waals surface area contributed by atoms with Gasteiger partial charge in [0.2, 0.25) is 0 Å². The monoisotopic (exact) mass is 258 g/mol. The third kappa shape index (κ3) is 3.45. The summed E-state index contributed by atoms with van der Waals surface area (Å²) < 4.78 is 0.874. The molecule has 90 valence electrons. The molecular formula is C12H19ClN2S. The van der Waals surface area contributed by atoms with Crippen LogP contribution in [0.3, 0.4) is 0 Å². The van der Waals surface area contributed by atoms with Gasteiger partial charge in [-0.05, 0) is 43.8 Å². The number of halogens is 1. The third-order valence-electron chi connectivity index (χ3n) is 3.17.